The Morgan fingerprint density at radius 1 is 0.951 bits per heavy atom. The van der Waals surface area contributed by atoms with Gasteiger partial charge < -0.3 is 20.1 Å². The highest BCUT2D eigenvalue weighted by Gasteiger charge is 2.36. The molecule has 0 aromatic heterocycles. The van der Waals surface area contributed by atoms with Gasteiger partial charge in [0.05, 0.1) is 16.5 Å². The zero-order valence-corrected chi connectivity index (χ0v) is 23.6. The number of aryl methyl sites for hydroxylation is 1. The van der Waals surface area contributed by atoms with Gasteiger partial charge in [0.2, 0.25) is 5.91 Å². The van der Waals surface area contributed by atoms with Crippen LogP contribution in [0.1, 0.15) is 18.1 Å². The highest BCUT2D eigenvalue weighted by atomic mass is 35.5. The third kappa shape index (κ3) is 7.86. The lowest BCUT2D eigenvalue weighted by atomic mass is 10.2. The van der Waals surface area contributed by atoms with Crippen LogP contribution in [0.15, 0.2) is 65.6 Å². The summed E-state index contributed by atoms with van der Waals surface area (Å²) in [7, 11) is 0. The fraction of sp³-hybridized carbons (Fsp3) is 0.172. The predicted molar refractivity (Wildman–Crippen MR) is 156 cm³/mol. The minimum atomic E-state index is -0.650. The molecule has 212 valence electrons. The number of carbonyl (C=O) groups is 4. The first-order valence-corrected chi connectivity index (χ1v) is 13.6. The van der Waals surface area contributed by atoms with Gasteiger partial charge >= 0.3 is 0 Å². The molecule has 0 aliphatic carbocycles. The molecule has 3 aromatic carbocycles. The summed E-state index contributed by atoms with van der Waals surface area (Å²) in [5, 5.41) is 4.45. The molecule has 1 heterocycles. The molecule has 0 atom stereocenters. The number of ether oxygens (including phenoxy) is 2. The van der Waals surface area contributed by atoms with Gasteiger partial charge in [-0.1, -0.05) is 35.4 Å². The monoisotopic (exact) mass is 597 g/mol. The summed E-state index contributed by atoms with van der Waals surface area (Å²) in [6.45, 7) is 3.28. The molecule has 12 heteroatoms. The van der Waals surface area contributed by atoms with E-state index in [0.717, 1.165) is 16.5 Å². The normalized spacial score (nSPS) is 13.9. The molecule has 1 aliphatic heterocycles. The van der Waals surface area contributed by atoms with Gasteiger partial charge in [0, 0.05) is 11.4 Å². The lowest BCUT2D eigenvalue weighted by Crippen LogP contribution is -2.36. The molecular weight excluding hydrogens is 573 g/mol. The third-order valence-electron chi connectivity index (χ3n) is 5.64. The number of nitrogens with zero attached hydrogens (tertiary/aromatic N) is 1. The molecule has 41 heavy (non-hydrogen) atoms. The van der Waals surface area contributed by atoms with Gasteiger partial charge in [-0.05, 0) is 79.7 Å². The fourth-order valence-electron chi connectivity index (χ4n) is 3.68. The standard InChI is InChI=1S/C29H25ClFN3O6S/c1-3-39-24-12-18(6-11-23(24)40-16-27(36)32-19-7-4-17(2)5-8-19)13-25-28(37)34(29(38)41-25)15-26(35)33-20-9-10-22(31)21(30)14-20/h4-14H,3,15-16H2,1-2H3,(H,32,36)(H,33,35)/b25-13-. The Balaban J connectivity index is 1.40. The molecule has 9 nitrogen and oxygen atoms in total. The molecule has 1 aliphatic rings. The second-order valence-corrected chi connectivity index (χ2v) is 10.2. The van der Waals surface area contributed by atoms with E-state index in [1.165, 1.54) is 18.2 Å². The van der Waals surface area contributed by atoms with Crippen molar-refractivity contribution < 1.29 is 33.0 Å². The number of rotatable bonds is 10. The Morgan fingerprint density at radius 3 is 2.37 bits per heavy atom. The van der Waals surface area contributed by atoms with Gasteiger partial charge in [-0.15, -0.1) is 0 Å². The molecular formula is C29H25ClFN3O6S. The van der Waals surface area contributed by atoms with Crippen LogP contribution in [0.25, 0.3) is 6.08 Å². The van der Waals surface area contributed by atoms with Crippen molar-refractivity contribution in [2.45, 2.75) is 13.8 Å². The van der Waals surface area contributed by atoms with E-state index in [4.69, 9.17) is 21.1 Å². The first-order chi connectivity index (χ1) is 19.6. The lowest BCUT2D eigenvalue weighted by Gasteiger charge is -2.13. The van der Waals surface area contributed by atoms with E-state index in [1.807, 2.05) is 19.1 Å². The van der Waals surface area contributed by atoms with Crippen molar-refractivity contribution in [1.82, 2.24) is 4.90 Å². The topological polar surface area (TPSA) is 114 Å². The van der Waals surface area contributed by atoms with Crippen LogP contribution in [0.3, 0.4) is 0 Å². The maximum Gasteiger partial charge on any atom is 0.294 e. The molecule has 3 aromatic rings. The number of carbonyl (C=O) groups excluding carboxylic acids is 4. The molecule has 2 N–H and O–H groups in total. The Kier molecular flexibility index (Phi) is 9.64. The van der Waals surface area contributed by atoms with E-state index in [0.29, 0.717) is 41.1 Å². The number of hydrogen-bond donors (Lipinski definition) is 2. The second-order valence-electron chi connectivity index (χ2n) is 8.79. The van der Waals surface area contributed by atoms with Crippen molar-refractivity contribution in [3.63, 3.8) is 0 Å². The number of thioether (sulfide) groups is 1. The summed E-state index contributed by atoms with van der Waals surface area (Å²) < 4.78 is 24.7. The third-order valence-corrected chi connectivity index (χ3v) is 6.84. The average molecular weight is 598 g/mol. The summed E-state index contributed by atoms with van der Waals surface area (Å²) >= 11 is 6.42. The van der Waals surface area contributed by atoms with Gasteiger partial charge in [0.1, 0.15) is 12.4 Å². The Bertz CT molecular complexity index is 1530. The number of hydrogen-bond acceptors (Lipinski definition) is 7. The van der Waals surface area contributed by atoms with Crippen molar-refractivity contribution in [2.24, 2.45) is 0 Å². The van der Waals surface area contributed by atoms with Gasteiger partial charge in [-0.2, -0.15) is 0 Å². The zero-order valence-electron chi connectivity index (χ0n) is 22.0. The van der Waals surface area contributed by atoms with Gasteiger partial charge in [0.25, 0.3) is 17.1 Å². The summed E-state index contributed by atoms with van der Waals surface area (Å²) in [5.74, 6) is -1.60. The average Bonchev–Trinajstić information content (AvgIpc) is 3.19. The highest BCUT2D eigenvalue weighted by Crippen LogP contribution is 2.35. The second kappa shape index (κ2) is 13.3. The van der Waals surface area contributed by atoms with Crippen molar-refractivity contribution in [2.75, 3.05) is 30.4 Å². The summed E-state index contributed by atoms with van der Waals surface area (Å²) in [4.78, 5) is 51.1. The number of imide groups is 1. The van der Waals surface area contributed by atoms with Gasteiger partial charge in [-0.25, -0.2) is 4.39 Å². The number of anilines is 2. The van der Waals surface area contributed by atoms with E-state index >= 15 is 0 Å². The fourth-order valence-corrected chi connectivity index (χ4v) is 4.70. The zero-order chi connectivity index (χ0) is 29.5. The molecule has 4 rings (SSSR count). The van der Waals surface area contributed by atoms with Crippen LogP contribution < -0.4 is 20.1 Å². The first kappa shape index (κ1) is 29.6. The SMILES string of the molecule is CCOc1cc(/C=C2\SC(=O)N(CC(=O)Nc3ccc(F)c(Cl)c3)C2=O)ccc1OCC(=O)Nc1ccc(C)cc1. The molecule has 0 bridgehead atoms. The molecule has 4 amide bonds. The van der Waals surface area contributed by atoms with Crippen LogP contribution in [-0.2, 0) is 14.4 Å². The van der Waals surface area contributed by atoms with Crippen LogP contribution in [0.2, 0.25) is 5.02 Å². The predicted octanol–water partition coefficient (Wildman–Crippen LogP) is 5.88. The largest absolute Gasteiger partial charge is 0.490 e. The molecule has 0 spiro atoms. The molecule has 1 fully saturated rings. The van der Waals surface area contributed by atoms with E-state index in [-0.39, 0.29) is 28.1 Å². The Morgan fingerprint density at radius 2 is 1.66 bits per heavy atom. The van der Waals surface area contributed by atoms with Crippen LogP contribution >= 0.6 is 23.4 Å². The van der Waals surface area contributed by atoms with Crippen LogP contribution in [0.4, 0.5) is 20.6 Å². The first-order valence-electron chi connectivity index (χ1n) is 12.4. The maximum absolute atomic E-state index is 13.4. The molecule has 1 saturated heterocycles. The van der Waals surface area contributed by atoms with Crippen LogP contribution in [0.5, 0.6) is 11.5 Å². The minimum Gasteiger partial charge on any atom is -0.490 e. The van der Waals surface area contributed by atoms with E-state index in [2.05, 4.69) is 10.6 Å². The maximum atomic E-state index is 13.4. The van der Waals surface area contributed by atoms with Crippen LogP contribution in [-0.4, -0.2) is 47.6 Å². The Hall–Kier alpha value is -4.35. The van der Waals surface area contributed by atoms with Crippen LogP contribution in [0, 0.1) is 12.7 Å². The summed E-state index contributed by atoms with van der Waals surface area (Å²) in [6, 6.07) is 15.9. The van der Waals surface area contributed by atoms with Crippen molar-refractivity contribution in [3.05, 3.63) is 87.5 Å². The molecule has 0 unspecified atom stereocenters. The van der Waals surface area contributed by atoms with E-state index < -0.39 is 29.4 Å². The van der Waals surface area contributed by atoms with E-state index in [1.54, 1.807) is 37.3 Å². The summed E-state index contributed by atoms with van der Waals surface area (Å²) in [5.41, 5.74) is 2.49. The number of amides is 4. The Labute approximate surface area is 244 Å². The highest BCUT2D eigenvalue weighted by molar-refractivity contribution is 8.18. The number of nitrogens with one attached hydrogen (secondary N) is 2. The lowest BCUT2D eigenvalue weighted by molar-refractivity contribution is -0.127. The minimum absolute atomic E-state index is 0.112. The van der Waals surface area contributed by atoms with E-state index in [9.17, 15) is 23.6 Å². The number of halogens is 2. The van der Waals surface area contributed by atoms with Crippen molar-refractivity contribution >= 4 is 63.8 Å². The van der Waals surface area contributed by atoms with Crippen molar-refractivity contribution in [3.8, 4) is 11.5 Å². The van der Waals surface area contributed by atoms with Gasteiger partial charge in [-0.3, -0.25) is 24.1 Å². The van der Waals surface area contributed by atoms with Gasteiger partial charge in [0.15, 0.2) is 18.1 Å². The smallest absolute Gasteiger partial charge is 0.294 e. The molecule has 0 saturated carbocycles. The summed E-state index contributed by atoms with van der Waals surface area (Å²) in [6.07, 6.45) is 1.50. The number of benzene rings is 3. The quantitative estimate of drug-likeness (QED) is 0.281. The van der Waals surface area contributed by atoms with Crippen molar-refractivity contribution in [1.29, 1.82) is 0 Å². The molecule has 0 radical (unpaired) electrons.